The molecule has 142 valence electrons. The lowest BCUT2D eigenvalue weighted by Crippen LogP contribution is -2.14. The van der Waals surface area contributed by atoms with E-state index in [1.165, 1.54) is 0 Å². The molecule has 0 aromatic heterocycles. The van der Waals surface area contributed by atoms with Crippen molar-refractivity contribution in [3.63, 3.8) is 0 Å². The Morgan fingerprint density at radius 2 is 1.43 bits per heavy atom. The summed E-state index contributed by atoms with van der Waals surface area (Å²) in [5, 5.41) is 0. The quantitative estimate of drug-likeness (QED) is 0.423. The smallest absolute Gasteiger partial charge is 0.306 e. The van der Waals surface area contributed by atoms with Gasteiger partial charge in [0, 0.05) is 12.0 Å². The van der Waals surface area contributed by atoms with E-state index in [1.54, 1.807) is 19.2 Å². The largest absolute Gasteiger partial charge is 0.497 e. The maximum absolute atomic E-state index is 12.3. The van der Waals surface area contributed by atoms with Crippen LogP contribution >= 0.6 is 0 Å². The summed E-state index contributed by atoms with van der Waals surface area (Å²) in [5.41, 5.74) is 3.67. The molecule has 3 aromatic rings. The molecule has 0 saturated carbocycles. The molecule has 0 spiro atoms. The van der Waals surface area contributed by atoms with E-state index >= 15 is 0 Å². The first-order valence-electron chi connectivity index (χ1n) is 9.13. The van der Waals surface area contributed by atoms with Crippen LogP contribution in [-0.2, 0) is 16.0 Å². The van der Waals surface area contributed by atoms with E-state index in [0.29, 0.717) is 12.0 Å². The number of carbonyl (C=O) groups is 2. The molecule has 4 nitrogen and oxygen atoms in total. The first kappa shape index (κ1) is 19.4. The highest BCUT2D eigenvalue weighted by Gasteiger charge is 2.10. The summed E-state index contributed by atoms with van der Waals surface area (Å²) < 4.78 is 10.2. The Bertz CT molecular complexity index is 913. The average molecular weight is 374 g/mol. The van der Waals surface area contributed by atoms with Crippen LogP contribution in [0.25, 0.3) is 11.1 Å². The number of esters is 1. The number of hydrogen-bond donors (Lipinski definition) is 0. The Morgan fingerprint density at radius 3 is 2.07 bits per heavy atom. The molecule has 28 heavy (non-hydrogen) atoms. The van der Waals surface area contributed by atoms with Crippen molar-refractivity contribution in [2.24, 2.45) is 0 Å². The van der Waals surface area contributed by atoms with Crippen LogP contribution in [0.2, 0.25) is 0 Å². The van der Waals surface area contributed by atoms with Crippen LogP contribution in [0.5, 0.6) is 5.75 Å². The van der Waals surface area contributed by atoms with Crippen molar-refractivity contribution in [1.82, 2.24) is 0 Å². The van der Waals surface area contributed by atoms with Crippen LogP contribution in [0.15, 0.2) is 78.9 Å². The summed E-state index contributed by atoms with van der Waals surface area (Å²) in [4.78, 5) is 24.2. The molecule has 0 bridgehead atoms. The van der Waals surface area contributed by atoms with E-state index in [4.69, 9.17) is 9.47 Å². The van der Waals surface area contributed by atoms with Crippen molar-refractivity contribution in [1.29, 1.82) is 0 Å². The molecule has 0 N–H and O–H groups in total. The van der Waals surface area contributed by atoms with Crippen molar-refractivity contribution < 1.29 is 19.1 Å². The molecule has 0 unspecified atom stereocenters. The van der Waals surface area contributed by atoms with Gasteiger partial charge in [0.25, 0.3) is 0 Å². The highest BCUT2D eigenvalue weighted by Crippen LogP contribution is 2.19. The fourth-order valence-electron chi connectivity index (χ4n) is 2.82. The molecule has 0 aliphatic carbocycles. The van der Waals surface area contributed by atoms with Gasteiger partial charge in [0.1, 0.15) is 5.75 Å². The van der Waals surface area contributed by atoms with Crippen molar-refractivity contribution in [2.45, 2.75) is 12.8 Å². The summed E-state index contributed by atoms with van der Waals surface area (Å²) in [6.07, 6.45) is 0.787. The number of methoxy groups -OCH3 is 1. The van der Waals surface area contributed by atoms with Gasteiger partial charge in [-0.05, 0) is 35.2 Å². The van der Waals surface area contributed by atoms with E-state index in [0.717, 1.165) is 22.4 Å². The molecule has 0 saturated heterocycles. The van der Waals surface area contributed by atoms with Gasteiger partial charge in [-0.3, -0.25) is 9.59 Å². The third-order valence-electron chi connectivity index (χ3n) is 4.46. The molecule has 0 aliphatic rings. The first-order chi connectivity index (χ1) is 13.7. The maximum atomic E-state index is 12.3. The number of carbonyl (C=O) groups excluding carboxylic acids is 2. The van der Waals surface area contributed by atoms with E-state index < -0.39 is 0 Å². The van der Waals surface area contributed by atoms with Gasteiger partial charge in [-0.1, -0.05) is 66.7 Å². The Kier molecular flexibility index (Phi) is 6.58. The molecule has 0 atom stereocenters. The highest BCUT2D eigenvalue weighted by atomic mass is 16.5. The van der Waals surface area contributed by atoms with Crippen molar-refractivity contribution >= 4 is 11.8 Å². The van der Waals surface area contributed by atoms with E-state index in [9.17, 15) is 9.59 Å². The van der Waals surface area contributed by atoms with Crippen molar-refractivity contribution in [3.05, 3.63) is 90.0 Å². The van der Waals surface area contributed by atoms with Gasteiger partial charge in [-0.2, -0.15) is 0 Å². The molecule has 0 heterocycles. The number of Topliss-reactive ketones (excluding diaryl/α,β-unsaturated/α-hetero) is 1. The van der Waals surface area contributed by atoms with E-state index in [-0.39, 0.29) is 24.8 Å². The molecule has 0 amide bonds. The predicted molar refractivity (Wildman–Crippen MR) is 108 cm³/mol. The molecule has 0 radical (unpaired) electrons. The van der Waals surface area contributed by atoms with Gasteiger partial charge in [-0.15, -0.1) is 0 Å². The minimum Gasteiger partial charge on any atom is -0.497 e. The molecule has 3 aromatic carbocycles. The highest BCUT2D eigenvalue weighted by molar-refractivity contribution is 5.98. The number of hydrogen-bond acceptors (Lipinski definition) is 4. The average Bonchev–Trinajstić information content (AvgIpc) is 2.77. The van der Waals surface area contributed by atoms with E-state index in [2.05, 4.69) is 0 Å². The van der Waals surface area contributed by atoms with Gasteiger partial charge in [0.2, 0.25) is 0 Å². The van der Waals surface area contributed by atoms with Crippen LogP contribution in [0.1, 0.15) is 22.3 Å². The molecular formula is C24H22O4. The van der Waals surface area contributed by atoms with Gasteiger partial charge >= 0.3 is 5.97 Å². The zero-order chi connectivity index (χ0) is 19.8. The fraction of sp³-hybridized carbons (Fsp3) is 0.167. The van der Waals surface area contributed by atoms with Crippen molar-refractivity contribution in [3.8, 4) is 16.9 Å². The summed E-state index contributed by atoms with van der Waals surface area (Å²) in [6.45, 7) is -0.244. The second kappa shape index (κ2) is 9.51. The number of ketones is 1. The molecular weight excluding hydrogens is 352 g/mol. The van der Waals surface area contributed by atoms with Gasteiger partial charge < -0.3 is 9.47 Å². The minimum atomic E-state index is -0.384. The second-order valence-corrected chi connectivity index (χ2v) is 6.38. The third-order valence-corrected chi connectivity index (χ3v) is 4.46. The van der Waals surface area contributed by atoms with Gasteiger partial charge in [-0.25, -0.2) is 0 Å². The maximum Gasteiger partial charge on any atom is 0.306 e. The Balaban J connectivity index is 1.47. The Hall–Kier alpha value is -3.40. The number of rotatable bonds is 8. The zero-order valence-corrected chi connectivity index (χ0v) is 15.8. The van der Waals surface area contributed by atoms with Crippen LogP contribution in [-0.4, -0.2) is 25.5 Å². The zero-order valence-electron chi connectivity index (χ0n) is 15.8. The summed E-state index contributed by atoms with van der Waals surface area (Å²) in [5.74, 6) is 0.178. The predicted octanol–water partition coefficient (Wildman–Crippen LogP) is 4.72. The summed E-state index contributed by atoms with van der Waals surface area (Å²) >= 11 is 0. The fourth-order valence-corrected chi connectivity index (χ4v) is 2.82. The molecule has 0 aliphatic heterocycles. The second-order valence-electron chi connectivity index (χ2n) is 6.38. The van der Waals surface area contributed by atoms with E-state index in [1.807, 2.05) is 66.7 Å². The normalized spacial score (nSPS) is 10.3. The van der Waals surface area contributed by atoms with Crippen LogP contribution in [0, 0.1) is 0 Å². The Morgan fingerprint density at radius 1 is 0.786 bits per heavy atom. The van der Waals surface area contributed by atoms with Gasteiger partial charge in [0.05, 0.1) is 7.11 Å². The third kappa shape index (κ3) is 5.30. The lowest BCUT2D eigenvalue weighted by molar-refractivity contribution is -0.142. The first-order valence-corrected chi connectivity index (χ1v) is 9.13. The Labute approximate surface area is 164 Å². The van der Waals surface area contributed by atoms with Crippen molar-refractivity contribution in [2.75, 3.05) is 13.7 Å². The number of ether oxygens (including phenoxy) is 2. The SMILES string of the molecule is COc1ccc(CCC(=O)OCC(=O)c2ccc(-c3ccccc3)cc2)cc1. The summed E-state index contributed by atoms with van der Waals surface area (Å²) in [7, 11) is 1.61. The minimum absolute atomic E-state index is 0.211. The van der Waals surface area contributed by atoms with Crippen LogP contribution < -0.4 is 4.74 Å². The lowest BCUT2D eigenvalue weighted by Gasteiger charge is -2.06. The standard InChI is InChI=1S/C24H22O4/c1-27-22-14-7-18(8-15-22)9-16-24(26)28-17-23(25)21-12-10-20(11-13-21)19-5-3-2-4-6-19/h2-8,10-15H,9,16-17H2,1H3. The topological polar surface area (TPSA) is 52.6 Å². The molecule has 3 rings (SSSR count). The van der Waals surface area contributed by atoms with Gasteiger partial charge in [0.15, 0.2) is 12.4 Å². The number of aryl methyl sites for hydroxylation is 1. The molecule has 4 heteroatoms. The molecule has 0 fully saturated rings. The lowest BCUT2D eigenvalue weighted by atomic mass is 10.0. The number of benzene rings is 3. The van der Waals surface area contributed by atoms with Crippen LogP contribution in [0.4, 0.5) is 0 Å². The monoisotopic (exact) mass is 374 g/mol. The van der Waals surface area contributed by atoms with Crippen LogP contribution in [0.3, 0.4) is 0 Å². The summed E-state index contributed by atoms with van der Waals surface area (Å²) in [6, 6.07) is 24.8.